The molecule has 0 aliphatic carbocycles. The summed E-state index contributed by atoms with van der Waals surface area (Å²) >= 11 is 3.40. The molecule has 0 radical (unpaired) electrons. The van der Waals surface area contributed by atoms with Crippen LogP contribution in [0, 0.1) is 0 Å². The molecule has 0 aliphatic heterocycles. The number of rotatable bonds is 9. The molecule has 0 aliphatic rings. The molecular formula is C25H34BrN3O4S. The number of nitrogens with zero attached hydrogens (tertiary/aromatic N) is 2. The molecule has 186 valence electrons. The maximum Gasteiger partial charge on any atom is 0.244 e. The van der Waals surface area contributed by atoms with E-state index < -0.39 is 34.1 Å². The number of benzene rings is 2. The van der Waals surface area contributed by atoms with Gasteiger partial charge in [-0.15, -0.1) is 0 Å². The van der Waals surface area contributed by atoms with Crippen LogP contribution in [0.4, 0.5) is 5.69 Å². The van der Waals surface area contributed by atoms with Gasteiger partial charge in [0.05, 0.1) is 11.9 Å². The van der Waals surface area contributed by atoms with Crippen LogP contribution < -0.4 is 9.62 Å². The summed E-state index contributed by atoms with van der Waals surface area (Å²) in [7, 11) is -3.75. The molecule has 2 rings (SSSR count). The van der Waals surface area contributed by atoms with E-state index in [4.69, 9.17) is 0 Å². The lowest BCUT2D eigenvalue weighted by Gasteiger charge is -2.33. The molecule has 1 atom stereocenters. The number of carbonyl (C=O) groups is 2. The second-order valence-electron chi connectivity index (χ2n) is 9.32. The standard InChI is InChI=1S/C25H34BrN3O4S/c1-7-20-10-8-9-11-22(20)29(34(6,32)33)17-23(30)28(16-19-12-14-21(26)15-13-19)18(2)24(31)27-25(3,4)5/h8-15,18H,7,16-17H2,1-6H3,(H,27,31). The highest BCUT2D eigenvalue weighted by atomic mass is 79.9. The van der Waals surface area contributed by atoms with E-state index in [1.807, 2.05) is 64.1 Å². The van der Waals surface area contributed by atoms with Crippen molar-refractivity contribution in [2.45, 2.75) is 59.2 Å². The number of halogens is 1. The summed E-state index contributed by atoms with van der Waals surface area (Å²) < 4.78 is 27.4. The van der Waals surface area contributed by atoms with Crippen LogP contribution in [-0.4, -0.2) is 49.5 Å². The lowest BCUT2D eigenvalue weighted by atomic mass is 10.1. The molecule has 2 aromatic carbocycles. The third-order valence-corrected chi connectivity index (χ3v) is 6.91. The van der Waals surface area contributed by atoms with Gasteiger partial charge in [0, 0.05) is 16.6 Å². The van der Waals surface area contributed by atoms with E-state index in [1.165, 1.54) is 4.90 Å². The average molecular weight is 553 g/mol. The normalized spacial score (nSPS) is 12.7. The van der Waals surface area contributed by atoms with Crippen LogP contribution in [0.3, 0.4) is 0 Å². The molecule has 1 unspecified atom stereocenters. The zero-order valence-corrected chi connectivity index (χ0v) is 23.0. The van der Waals surface area contributed by atoms with Crippen molar-refractivity contribution in [3.8, 4) is 0 Å². The highest BCUT2D eigenvalue weighted by molar-refractivity contribution is 9.10. The predicted molar refractivity (Wildman–Crippen MR) is 140 cm³/mol. The van der Waals surface area contributed by atoms with Gasteiger partial charge in [-0.25, -0.2) is 8.42 Å². The maximum atomic E-state index is 13.6. The number of amides is 2. The number of aryl methyl sites for hydroxylation is 1. The fraction of sp³-hybridized carbons (Fsp3) is 0.440. The molecular weight excluding hydrogens is 518 g/mol. The van der Waals surface area contributed by atoms with E-state index in [0.29, 0.717) is 12.1 Å². The van der Waals surface area contributed by atoms with Gasteiger partial charge in [-0.2, -0.15) is 0 Å². The summed E-state index contributed by atoms with van der Waals surface area (Å²) in [5, 5.41) is 2.91. The molecule has 0 heterocycles. The average Bonchev–Trinajstić information content (AvgIpc) is 2.74. The Morgan fingerprint density at radius 1 is 1.06 bits per heavy atom. The van der Waals surface area contributed by atoms with Crippen LogP contribution in [0.5, 0.6) is 0 Å². The first-order valence-electron chi connectivity index (χ1n) is 11.1. The van der Waals surface area contributed by atoms with E-state index in [-0.39, 0.29) is 12.5 Å². The Kier molecular flexibility index (Phi) is 9.30. The summed E-state index contributed by atoms with van der Waals surface area (Å²) in [6, 6.07) is 13.8. The van der Waals surface area contributed by atoms with E-state index >= 15 is 0 Å². The minimum atomic E-state index is -3.75. The molecule has 0 saturated carbocycles. The lowest BCUT2D eigenvalue weighted by Crippen LogP contribution is -2.54. The zero-order valence-electron chi connectivity index (χ0n) is 20.6. The molecule has 7 nitrogen and oxygen atoms in total. The van der Waals surface area contributed by atoms with Gasteiger partial charge in [-0.05, 0) is 63.4 Å². The Balaban J connectivity index is 2.43. The molecule has 0 spiro atoms. The van der Waals surface area contributed by atoms with Crippen LogP contribution in [0.25, 0.3) is 0 Å². The first kappa shape index (κ1) is 27.9. The van der Waals surface area contributed by atoms with Crippen molar-refractivity contribution in [3.63, 3.8) is 0 Å². The van der Waals surface area contributed by atoms with Gasteiger partial charge in [0.15, 0.2) is 0 Å². The fourth-order valence-electron chi connectivity index (χ4n) is 3.49. The molecule has 34 heavy (non-hydrogen) atoms. The van der Waals surface area contributed by atoms with Gasteiger partial charge in [-0.3, -0.25) is 13.9 Å². The Morgan fingerprint density at radius 3 is 2.18 bits per heavy atom. The predicted octanol–water partition coefficient (Wildman–Crippen LogP) is 4.11. The number of carbonyl (C=O) groups excluding carboxylic acids is 2. The second kappa shape index (κ2) is 11.4. The van der Waals surface area contributed by atoms with E-state index in [9.17, 15) is 18.0 Å². The third kappa shape index (κ3) is 7.84. The minimum absolute atomic E-state index is 0.165. The number of para-hydroxylation sites is 1. The van der Waals surface area contributed by atoms with Crippen molar-refractivity contribution in [3.05, 3.63) is 64.1 Å². The Bertz CT molecular complexity index is 1110. The molecule has 0 bridgehead atoms. The molecule has 9 heteroatoms. The van der Waals surface area contributed by atoms with Crippen LogP contribution in [0.2, 0.25) is 0 Å². The molecule has 2 amide bonds. The van der Waals surface area contributed by atoms with Gasteiger partial charge in [0.25, 0.3) is 0 Å². The number of anilines is 1. The minimum Gasteiger partial charge on any atom is -0.350 e. The first-order valence-corrected chi connectivity index (χ1v) is 13.8. The summed E-state index contributed by atoms with van der Waals surface area (Å²) in [5.41, 5.74) is 1.64. The second-order valence-corrected chi connectivity index (χ2v) is 12.1. The highest BCUT2D eigenvalue weighted by Gasteiger charge is 2.31. The summed E-state index contributed by atoms with van der Waals surface area (Å²) in [6.45, 7) is 8.95. The van der Waals surface area contributed by atoms with Gasteiger partial charge in [-0.1, -0.05) is 53.2 Å². The van der Waals surface area contributed by atoms with Crippen molar-refractivity contribution in [2.75, 3.05) is 17.1 Å². The number of nitrogens with one attached hydrogen (secondary N) is 1. The first-order chi connectivity index (χ1) is 15.7. The molecule has 0 saturated heterocycles. The topological polar surface area (TPSA) is 86.8 Å². The third-order valence-electron chi connectivity index (χ3n) is 5.25. The van der Waals surface area contributed by atoms with Crippen LogP contribution in [-0.2, 0) is 32.6 Å². The lowest BCUT2D eigenvalue weighted by molar-refractivity contribution is -0.140. The molecule has 0 aromatic heterocycles. The Labute approximate surface area is 211 Å². The van der Waals surface area contributed by atoms with Crippen LogP contribution >= 0.6 is 15.9 Å². The van der Waals surface area contributed by atoms with Gasteiger partial charge in [0.1, 0.15) is 12.6 Å². The van der Waals surface area contributed by atoms with E-state index in [1.54, 1.807) is 19.1 Å². The van der Waals surface area contributed by atoms with E-state index in [2.05, 4.69) is 21.2 Å². The number of hydrogen-bond donors (Lipinski definition) is 1. The van der Waals surface area contributed by atoms with Crippen LogP contribution in [0.1, 0.15) is 45.7 Å². The fourth-order valence-corrected chi connectivity index (χ4v) is 4.64. The monoisotopic (exact) mass is 551 g/mol. The van der Waals surface area contributed by atoms with Crippen molar-refractivity contribution in [2.24, 2.45) is 0 Å². The maximum absolute atomic E-state index is 13.6. The zero-order chi connectivity index (χ0) is 25.7. The summed E-state index contributed by atoms with van der Waals surface area (Å²) in [4.78, 5) is 28.0. The summed E-state index contributed by atoms with van der Waals surface area (Å²) in [6.07, 6.45) is 1.70. The van der Waals surface area contributed by atoms with Crippen LogP contribution in [0.15, 0.2) is 53.0 Å². The number of hydrogen-bond acceptors (Lipinski definition) is 4. The van der Waals surface area contributed by atoms with Crippen molar-refractivity contribution < 1.29 is 18.0 Å². The van der Waals surface area contributed by atoms with Gasteiger partial charge in [0.2, 0.25) is 21.8 Å². The number of sulfonamides is 1. The van der Waals surface area contributed by atoms with Crippen molar-refractivity contribution >= 4 is 43.5 Å². The quantitative estimate of drug-likeness (QED) is 0.508. The Hall–Kier alpha value is -2.39. The van der Waals surface area contributed by atoms with E-state index in [0.717, 1.165) is 26.2 Å². The van der Waals surface area contributed by atoms with Gasteiger partial charge >= 0.3 is 0 Å². The molecule has 2 aromatic rings. The largest absolute Gasteiger partial charge is 0.350 e. The SMILES string of the molecule is CCc1ccccc1N(CC(=O)N(Cc1ccc(Br)cc1)C(C)C(=O)NC(C)(C)C)S(C)(=O)=O. The summed E-state index contributed by atoms with van der Waals surface area (Å²) in [5.74, 6) is -0.770. The van der Waals surface area contributed by atoms with Crippen molar-refractivity contribution in [1.82, 2.24) is 10.2 Å². The molecule has 1 N–H and O–H groups in total. The highest BCUT2D eigenvalue weighted by Crippen LogP contribution is 2.24. The smallest absolute Gasteiger partial charge is 0.244 e. The van der Waals surface area contributed by atoms with Crippen molar-refractivity contribution in [1.29, 1.82) is 0 Å². The molecule has 0 fully saturated rings. The van der Waals surface area contributed by atoms with Gasteiger partial charge < -0.3 is 10.2 Å². The Morgan fingerprint density at radius 2 is 1.65 bits per heavy atom.